The van der Waals surface area contributed by atoms with Crippen LogP contribution in [0.2, 0.25) is 0 Å². The summed E-state index contributed by atoms with van der Waals surface area (Å²) in [6.45, 7) is 9.94. The van der Waals surface area contributed by atoms with Crippen molar-refractivity contribution in [3.8, 4) is 11.5 Å². The zero-order valence-electron chi connectivity index (χ0n) is 50.6. The first-order valence-corrected chi connectivity index (χ1v) is 29.2. The third-order valence-corrected chi connectivity index (χ3v) is 13.2. The third-order valence-electron chi connectivity index (χ3n) is 13.2. The van der Waals surface area contributed by atoms with Crippen LogP contribution in [0.25, 0.3) is 0 Å². The Balaban J connectivity index is 3.32. The molecule has 0 saturated heterocycles. The molecule has 1 aromatic rings. The van der Waals surface area contributed by atoms with Crippen LogP contribution in [0, 0.1) is 17.2 Å². The Kier molecular flexibility index (Phi) is 36.0. The second kappa shape index (κ2) is 40.8. The molecule has 1 rings (SSSR count). The molecule has 0 saturated carbocycles. The van der Waals surface area contributed by atoms with Gasteiger partial charge in [-0.3, -0.25) is 62.9 Å². The number of benzene rings is 1. The van der Waals surface area contributed by atoms with Crippen LogP contribution in [0.5, 0.6) is 11.5 Å². The normalized spacial score (nSPS) is 14.1. The molecule has 0 bridgehead atoms. The monoisotopic (exact) mass is 1230 g/mol. The van der Waals surface area contributed by atoms with Gasteiger partial charge in [-0.25, -0.2) is 0 Å². The van der Waals surface area contributed by atoms with E-state index in [0.29, 0.717) is 45.1 Å². The Bertz CT molecular complexity index is 2460. The van der Waals surface area contributed by atoms with Crippen molar-refractivity contribution in [2.24, 2.45) is 40.5 Å². The molecule has 0 fully saturated rings. The topological polar surface area (TPSA) is 552 Å². The minimum absolute atomic E-state index is 0.00531. The number of nitrogens with one attached hydrogen (secondary N) is 12. The summed E-state index contributed by atoms with van der Waals surface area (Å²) in [6, 6.07) is -8.63. The van der Waals surface area contributed by atoms with Crippen LogP contribution in [-0.2, 0) is 52.7 Å². The number of carboxylic acids is 1. The number of hydrogen-bond acceptors (Lipinski definition) is 18. The first kappa shape index (κ1) is 76.6. The van der Waals surface area contributed by atoms with Crippen LogP contribution in [-0.4, -0.2) is 179 Å². The second-order valence-electron chi connectivity index (χ2n) is 22.0. The molecule has 11 amide bonds. The van der Waals surface area contributed by atoms with Gasteiger partial charge in [0.15, 0.2) is 5.96 Å². The SMILES string of the molecule is CC(C)CC(NC(=O)C(CCCCN)NC(=O)c1cc(O)cc(O)c1)C(=O)NC(C)C(=O)NC(CCCCN)C(=O)NC(CC(C)C)C(=O)NC(C)C(=O)NC(CCCCN)C(=O)NC(CCCNC(=N)N)C(=O)NCC(=O)NC(CC(=O)O)C(N)=O. The van der Waals surface area contributed by atoms with Crippen molar-refractivity contribution in [2.75, 3.05) is 32.7 Å². The minimum atomic E-state index is -1.59. The molecular weight excluding hydrogens is 1140 g/mol. The van der Waals surface area contributed by atoms with E-state index in [1.807, 2.05) is 0 Å². The fourth-order valence-corrected chi connectivity index (χ4v) is 8.56. The van der Waals surface area contributed by atoms with Crippen molar-refractivity contribution in [3.05, 3.63) is 23.8 Å². The molecule has 0 aromatic heterocycles. The first-order valence-electron chi connectivity index (χ1n) is 29.2. The molecule has 0 aliphatic carbocycles. The van der Waals surface area contributed by atoms with Crippen molar-refractivity contribution >= 4 is 76.9 Å². The number of rotatable bonds is 43. The van der Waals surface area contributed by atoms with E-state index in [-0.39, 0.29) is 99.4 Å². The lowest BCUT2D eigenvalue weighted by atomic mass is 10.0. The second-order valence-corrected chi connectivity index (χ2v) is 22.0. The average molecular weight is 1230 g/mol. The van der Waals surface area contributed by atoms with Gasteiger partial charge >= 0.3 is 5.97 Å². The van der Waals surface area contributed by atoms with Gasteiger partial charge in [0.2, 0.25) is 59.1 Å². The predicted octanol–water partition coefficient (Wildman–Crippen LogP) is -4.07. The van der Waals surface area contributed by atoms with Crippen molar-refractivity contribution in [1.29, 1.82) is 5.41 Å². The van der Waals surface area contributed by atoms with Gasteiger partial charge in [0, 0.05) is 18.2 Å². The molecule has 0 spiro atoms. The molecule has 9 unspecified atom stereocenters. The highest BCUT2D eigenvalue weighted by Crippen LogP contribution is 2.21. The zero-order valence-corrected chi connectivity index (χ0v) is 50.6. The van der Waals surface area contributed by atoms with Crippen LogP contribution in [0.3, 0.4) is 0 Å². The first-order chi connectivity index (χ1) is 40.9. The van der Waals surface area contributed by atoms with E-state index in [1.54, 1.807) is 27.7 Å². The van der Waals surface area contributed by atoms with Crippen LogP contribution >= 0.6 is 0 Å². The van der Waals surface area contributed by atoms with Gasteiger partial charge in [-0.2, -0.15) is 0 Å². The lowest BCUT2D eigenvalue weighted by molar-refractivity contribution is -0.140. The summed E-state index contributed by atoms with van der Waals surface area (Å²) in [4.78, 5) is 160. The van der Waals surface area contributed by atoms with Gasteiger partial charge in [0.1, 0.15) is 65.9 Å². The number of aromatic hydroxyl groups is 2. The number of amides is 11. The Hall–Kier alpha value is -8.39. The highest BCUT2D eigenvalue weighted by Gasteiger charge is 2.34. The summed E-state index contributed by atoms with van der Waals surface area (Å²) >= 11 is 0. The smallest absolute Gasteiger partial charge is 0.305 e. The molecule has 0 heterocycles. The highest BCUT2D eigenvalue weighted by molar-refractivity contribution is 6.00. The van der Waals surface area contributed by atoms with Crippen LogP contribution < -0.4 is 87.2 Å². The number of carbonyl (C=O) groups is 12. The van der Waals surface area contributed by atoms with E-state index < -0.39 is 138 Å². The van der Waals surface area contributed by atoms with Gasteiger partial charge < -0.3 is 102 Å². The van der Waals surface area contributed by atoms with Crippen molar-refractivity contribution < 1.29 is 72.9 Å². The lowest BCUT2D eigenvalue weighted by Crippen LogP contribution is -2.60. The van der Waals surface area contributed by atoms with E-state index >= 15 is 0 Å². The minimum Gasteiger partial charge on any atom is -0.508 e. The van der Waals surface area contributed by atoms with Crippen LogP contribution in [0.15, 0.2) is 18.2 Å². The summed E-state index contributed by atoms with van der Waals surface area (Å²) in [6.07, 6.45) is 2.00. The molecule has 490 valence electrons. The quantitative estimate of drug-likeness (QED) is 0.0168. The number of phenols is 2. The number of carboxylic acid groups (broad SMARTS) is 1. The van der Waals surface area contributed by atoms with E-state index in [4.69, 9.17) is 39.2 Å². The van der Waals surface area contributed by atoms with E-state index in [2.05, 4.69) is 58.5 Å². The average Bonchev–Trinajstić information content (AvgIpc) is 3.07. The molecule has 25 N–H and O–H groups in total. The fraction of sp³-hybridized carbons (Fsp3) is 0.655. The number of hydrogen-bond donors (Lipinski definition) is 20. The maximum absolute atomic E-state index is 14.1. The Labute approximate surface area is 506 Å². The number of unbranched alkanes of at least 4 members (excludes halogenated alkanes) is 3. The molecule has 9 atom stereocenters. The van der Waals surface area contributed by atoms with Gasteiger partial charge in [0.05, 0.1) is 13.0 Å². The zero-order chi connectivity index (χ0) is 65.9. The third kappa shape index (κ3) is 31.5. The van der Waals surface area contributed by atoms with Crippen LogP contribution in [0.1, 0.15) is 142 Å². The molecule has 1 aromatic carbocycles. The summed E-state index contributed by atoms with van der Waals surface area (Å²) < 4.78 is 0. The van der Waals surface area contributed by atoms with Crippen molar-refractivity contribution in [2.45, 2.75) is 186 Å². The Morgan fingerprint density at radius 2 is 0.816 bits per heavy atom. The summed E-state index contributed by atoms with van der Waals surface area (Å²) in [5.41, 5.74) is 27.6. The maximum atomic E-state index is 14.1. The van der Waals surface area contributed by atoms with Crippen molar-refractivity contribution in [3.63, 3.8) is 0 Å². The van der Waals surface area contributed by atoms with E-state index in [1.165, 1.54) is 13.8 Å². The molecule has 0 radical (unpaired) electrons. The van der Waals surface area contributed by atoms with Crippen LogP contribution in [0.4, 0.5) is 0 Å². The number of aliphatic carboxylic acids is 1. The molecule has 32 nitrogen and oxygen atoms in total. The van der Waals surface area contributed by atoms with Gasteiger partial charge in [-0.15, -0.1) is 0 Å². The highest BCUT2D eigenvalue weighted by atomic mass is 16.4. The summed E-state index contributed by atoms with van der Waals surface area (Å²) in [5.74, 6) is -12.3. The maximum Gasteiger partial charge on any atom is 0.305 e. The Morgan fingerprint density at radius 1 is 0.448 bits per heavy atom. The number of phenolic OH excluding ortho intramolecular Hbond substituents is 2. The molecule has 32 heteroatoms. The van der Waals surface area contributed by atoms with Gasteiger partial charge in [-0.05, 0) is 141 Å². The number of primary amides is 1. The fourth-order valence-electron chi connectivity index (χ4n) is 8.56. The van der Waals surface area contributed by atoms with Gasteiger partial charge in [0.25, 0.3) is 5.91 Å². The number of carbonyl (C=O) groups excluding carboxylic acids is 11. The van der Waals surface area contributed by atoms with Gasteiger partial charge in [-0.1, -0.05) is 27.7 Å². The Morgan fingerprint density at radius 3 is 1.20 bits per heavy atom. The summed E-state index contributed by atoms with van der Waals surface area (Å²) in [5, 5.41) is 64.3. The largest absolute Gasteiger partial charge is 0.508 e. The predicted molar refractivity (Wildman–Crippen MR) is 319 cm³/mol. The summed E-state index contributed by atoms with van der Waals surface area (Å²) in [7, 11) is 0. The molecular formula is C55H95N17O15. The van der Waals surface area contributed by atoms with E-state index in [9.17, 15) is 67.7 Å². The number of guanidine groups is 1. The van der Waals surface area contributed by atoms with Crippen molar-refractivity contribution in [1.82, 2.24) is 58.5 Å². The lowest BCUT2D eigenvalue weighted by Gasteiger charge is -2.28. The van der Waals surface area contributed by atoms with E-state index in [0.717, 1.165) is 18.2 Å². The molecule has 0 aliphatic rings. The molecule has 87 heavy (non-hydrogen) atoms. The molecule has 0 aliphatic heterocycles. The number of nitrogens with two attached hydrogens (primary N) is 5. The standard InChI is InChI=1S/C55H95N17O15/c1-29(2)22-41(53(86)64-31(5)46(79)67-37(14-7-10-18-56)50(83)70-36(17-13-21-62-55(60)61)49(82)63-28-43(75)66-40(45(59)78)27-44(76)77)71-51(84)38(15-8-11-19-57)68-47(80)32(6)65-54(87)42(23-30(3)4)72-52(85)39(16-9-12-20-58)69-48(81)33-24-34(73)26-35(74)25-33/h24-26,29-32,36-42,73-74H,7-23,27-28,56-58H2,1-6H3,(H2,59,78)(H,63,82)(H,64,86)(H,65,87)(H,66,75)(H,67,79)(H,68,80)(H,69,81)(H,70,83)(H,71,84)(H,72,85)(H,76,77)(H4,60,61,62).